The summed E-state index contributed by atoms with van der Waals surface area (Å²) in [7, 11) is 0. The van der Waals surface area contributed by atoms with Gasteiger partial charge in [-0.1, -0.05) is 36.8 Å². The van der Waals surface area contributed by atoms with Gasteiger partial charge in [0.1, 0.15) is 0 Å². The molecular formula is C15H22N2O. The number of hydrogen-bond acceptors (Lipinski definition) is 2. The Bertz CT molecular complexity index is 358. The van der Waals surface area contributed by atoms with Crippen molar-refractivity contribution in [2.45, 2.75) is 38.1 Å². The summed E-state index contributed by atoms with van der Waals surface area (Å²) in [6, 6.07) is 10.5. The van der Waals surface area contributed by atoms with Crippen LogP contribution in [-0.2, 0) is 11.2 Å². The van der Waals surface area contributed by atoms with E-state index in [0.29, 0.717) is 12.5 Å². The fourth-order valence-electron chi connectivity index (χ4n) is 2.40. The molecule has 1 aliphatic heterocycles. The van der Waals surface area contributed by atoms with E-state index in [-0.39, 0.29) is 5.91 Å². The number of nitrogens with one attached hydrogen (secondary N) is 2. The van der Waals surface area contributed by atoms with E-state index in [1.807, 2.05) is 30.3 Å². The maximum atomic E-state index is 11.7. The Morgan fingerprint density at radius 2 is 2.11 bits per heavy atom. The predicted molar refractivity (Wildman–Crippen MR) is 73.4 cm³/mol. The molecule has 1 atom stereocenters. The van der Waals surface area contributed by atoms with Crippen LogP contribution in [0.1, 0.15) is 31.2 Å². The van der Waals surface area contributed by atoms with Crippen molar-refractivity contribution in [3.63, 3.8) is 0 Å². The quantitative estimate of drug-likeness (QED) is 0.833. The molecule has 1 unspecified atom stereocenters. The number of piperidine rings is 1. The van der Waals surface area contributed by atoms with Crippen LogP contribution in [0.2, 0.25) is 0 Å². The summed E-state index contributed by atoms with van der Waals surface area (Å²) in [5.41, 5.74) is 1.07. The minimum absolute atomic E-state index is 0.122. The first-order valence-electron chi connectivity index (χ1n) is 6.88. The van der Waals surface area contributed by atoms with Crippen LogP contribution in [0.5, 0.6) is 0 Å². The first-order valence-corrected chi connectivity index (χ1v) is 6.88. The first kappa shape index (κ1) is 13.1. The second kappa shape index (κ2) is 7.17. The molecule has 1 fully saturated rings. The van der Waals surface area contributed by atoms with Crippen LogP contribution in [0, 0.1) is 0 Å². The summed E-state index contributed by atoms with van der Waals surface area (Å²) in [4.78, 5) is 11.7. The normalized spacial score (nSPS) is 19.4. The standard InChI is InChI=1S/C15H22N2O/c18-15(12-13-6-2-1-3-7-13)17-11-9-14-8-4-5-10-16-14/h1-3,6-7,14,16H,4-5,8-12H2,(H,17,18). The second-order valence-electron chi connectivity index (χ2n) is 4.95. The zero-order chi connectivity index (χ0) is 12.6. The molecule has 3 heteroatoms. The first-order chi connectivity index (χ1) is 8.84. The van der Waals surface area contributed by atoms with Crippen molar-refractivity contribution in [1.82, 2.24) is 10.6 Å². The molecule has 98 valence electrons. The fraction of sp³-hybridized carbons (Fsp3) is 0.533. The molecule has 1 aliphatic rings. The van der Waals surface area contributed by atoms with E-state index >= 15 is 0 Å². The van der Waals surface area contributed by atoms with Crippen LogP contribution in [0.25, 0.3) is 0 Å². The van der Waals surface area contributed by atoms with E-state index in [1.54, 1.807) is 0 Å². The SMILES string of the molecule is O=C(Cc1ccccc1)NCCC1CCCCN1. The lowest BCUT2D eigenvalue weighted by atomic mass is 10.0. The van der Waals surface area contributed by atoms with Crippen LogP contribution in [-0.4, -0.2) is 25.0 Å². The van der Waals surface area contributed by atoms with E-state index in [2.05, 4.69) is 10.6 Å². The molecule has 1 aromatic carbocycles. The number of carbonyl (C=O) groups is 1. The van der Waals surface area contributed by atoms with Gasteiger partial charge in [-0.3, -0.25) is 4.79 Å². The molecule has 2 rings (SSSR count). The van der Waals surface area contributed by atoms with Gasteiger partial charge in [0.15, 0.2) is 0 Å². The van der Waals surface area contributed by atoms with Gasteiger partial charge in [0.25, 0.3) is 0 Å². The molecule has 1 saturated heterocycles. The highest BCUT2D eigenvalue weighted by molar-refractivity contribution is 5.78. The maximum Gasteiger partial charge on any atom is 0.224 e. The van der Waals surface area contributed by atoms with Gasteiger partial charge in [0, 0.05) is 12.6 Å². The molecule has 0 radical (unpaired) electrons. The lowest BCUT2D eigenvalue weighted by Gasteiger charge is -2.23. The van der Waals surface area contributed by atoms with Gasteiger partial charge in [0.05, 0.1) is 6.42 Å². The number of rotatable bonds is 5. The highest BCUT2D eigenvalue weighted by Crippen LogP contribution is 2.09. The maximum absolute atomic E-state index is 11.7. The monoisotopic (exact) mass is 246 g/mol. The molecule has 1 heterocycles. The average molecular weight is 246 g/mol. The fourth-order valence-corrected chi connectivity index (χ4v) is 2.40. The van der Waals surface area contributed by atoms with E-state index < -0.39 is 0 Å². The highest BCUT2D eigenvalue weighted by Gasteiger charge is 2.12. The summed E-state index contributed by atoms with van der Waals surface area (Å²) in [5.74, 6) is 0.122. The molecule has 1 aromatic rings. The Labute approximate surface area is 109 Å². The van der Waals surface area contributed by atoms with E-state index in [9.17, 15) is 4.79 Å². The van der Waals surface area contributed by atoms with Gasteiger partial charge in [-0.25, -0.2) is 0 Å². The van der Waals surface area contributed by atoms with Crippen LogP contribution in [0.15, 0.2) is 30.3 Å². The van der Waals surface area contributed by atoms with E-state index in [1.165, 1.54) is 19.3 Å². The molecule has 0 spiro atoms. The highest BCUT2D eigenvalue weighted by atomic mass is 16.1. The van der Waals surface area contributed by atoms with Crippen LogP contribution in [0.3, 0.4) is 0 Å². The molecule has 2 N–H and O–H groups in total. The lowest BCUT2D eigenvalue weighted by Crippen LogP contribution is -2.37. The summed E-state index contributed by atoms with van der Waals surface area (Å²) >= 11 is 0. The van der Waals surface area contributed by atoms with Gasteiger partial charge >= 0.3 is 0 Å². The topological polar surface area (TPSA) is 41.1 Å². The zero-order valence-corrected chi connectivity index (χ0v) is 10.8. The second-order valence-corrected chi connectivity index (χ2v) is 4.95. The summed E-state index contributed by atoms with van der Waals surface area (Å²) in [6.45, 7) is 1.91. The van der Waals surface area contributed by atoms with Gasteiger partial charge in [-0.2, -0.15) is 0 Å². The largest absolute Gasteiger partial charge is 0.356 e. The van der Waals surface area contributed by atoms with Crippen molar-refractivity contribution in [2.24, 2.45) is 0 Å². The third kappa shape index (κ3) is 4.49. The van der Waals surface area contributed by atoms with Crippen LogP contribution in [0.4, 0.5) is 0 Å². The molecule has 0 aliphatic carbocycles. The lowest BCUT2D eigenvalue weighted by molar-refractivity contribution is -0.120. The van der Waals surface area contributed by atoms with Gasteiger partial charge in [-0.15, -0.1) is 0 Å². The average Bonchev–Trinajstić information content (AvgIpc) is 2.41. The van der Waals surface area contributed by atoms with Crippen molar-refractivity contribution in [3.05, 3.63) is 35.9 Å². The number of hydrogen-bond donors (Lipinski definition) is 2. The number of carbonyl (C=O) groups excluding carboxylic acids is 1. The number of benzene rings is 1. The van der Waals surface area contributed by atoms with Gasteiger partial charge < -0.3 is 10.6 Å². The van der Waals surface area contributed by atoms with Gasteiger partial charge in [-0.05, 0) is 31.4 Å². The number of amides is 1. The Balaban J connectivity index is 1.62. The Hall–Kier alpha value is -1.35. The molecule has 18 heavy (non-hydrogen) atoms. The van der Waals surface area contributed by atoms with E-state index in [0.717, 1.165) is 25.1 Å². The molecular weight excluding hydrogens is 224 g/mol. The van der Waals surface area contributed by atoms with Gasteiger partial charge in [0.2, 0.25) is 5.91 Å². The minimum atomic E-state index is 0.122. The molecule has 1 amide bonds. The summed E-state index contributed by atoms with van der Waals surface area (Å²) in [6.07, 6.45) is 5.38. The zero-order valence-electron chi connectivity index (χ0n) is 10.8. The van der Waals surface area contributed by atoms with Crippen molar-refractivity contribution in [3.8, 4) is 0 Å². The Morgan fingerprint density at radius 1 is 1.28 bits per heavy atom. The Kier molecular flexibility index (Phi) is 5.21. The predicted octanol–water partition coefficient (Wildman–Crippen LogP) is 1.88. The third-order valence-electron chi connectivity index (χ3n) is 3.43. The van der Waals surface area contributed by atoms with E-state index in [4.69, 9.17) is 0 Å². The summed E-state index contributed by atoms with van der Waals surface area (Å²) in [5, 5.41) is 6.49. The van der Waals surface area contributed by atoms with Crippen molar-refractivity contribution < 1.29 is 4.79 Å². The molecule has 3 nitrogen and oxygen atoms in total. The van der Waals surface area contributed by atoms with Crippen LogP contribution >= 0.6 is 0 Å². The molecule has 0 aromatic heterocycles. The van der Waals surface area contributed by atoms with Crippen molar-refractivity contribution in [1.29, 1.82) is 0 Å². The Morgan fingerprint density at radius 3 is 2.83 bits per heavy atom. The van der Waals surface area contributed by atoms with Crippen molar-refractivity contribution in [2.75, 3.05) is 13.1 Å². The smallest absolute Gasteiger partial charge is 0.224 e. The molecule has 0 bridgehead atoms. The molecule has 0 saturated carbocycles. The summed E-state index contributed by atoms with van der Waals surface area (Å²) < 4.78 is 0. The third-order valence-corrected chi connectivity index (χ3v) is 3.43. The van der Waals surface area contributed by atoms with Crippen LogP contribution < -0.4 is 10.6 Å². The van der Waals surface area contributed by atoms with Crippen molar-refractivity contribution >= 4 is 5.91 Å². The minimum Gasteiger partial charge on any atom is -0.356 e.